The first kappa shape index (κ1) is 12.1. The maximum atomic E-state index is 11.7. The molecule has 0 aliphatic heterocycles. The fourth-order valence-corrected chi connectivity index (χ4v) is 2.62. The fourth-order valence-electron chi connectivity index (χ4n) is 1.60. The first-order valence-electron chi connectivity index (χ1n) is 5.30. The summed E-state index contributed by atoms with van der Waals surface area (Å²) >= 11 is 1.34. The van der Waals surface area contributed by atoms with Crippen molar-refractivity contribution in [1.82, 2.24) is 9.38 Å². The SMILES string of the molecule is CCOC(=O)c1sc2nc(COC)cn2c1C. The molecule has 0 aliphatic carbocycles. The molecule has 0 saturated carbocycles. The van der Waals surface area contributed by atoms with Gasteiger partial charge in [-0.1, -0.05) is 11.3 Å². The first-order chi connectivity index (χ1) is 8.17. The van der Waals surface area contributed by atoms with Gasteiger partial charge in [0.2, 0.25) is 0 Å². The van der Waals surface area contributed by atoms with Gasteiger partial charge >= 0.3 is 5.97 Å². The summed E-state index contributed by atoms with van der Waals surface area (Å²) < 4.78 is 11.9. The van der Waals surface area contributed by atoms with E-state index >= 15 is 0 Å². The van der Waals surface area contributed by atoms with Gasteiger partial charge in [0, 0.05) is 19.0 Å². The second kappa shape index (κ2) is 4.85. The summed E-state index contributed by atoms with van der Waals surface area (Å²) in [6, 6.07) is 0. The summed E-state index contributed by atoms with van der Waals surface area (Å²) in [6.07, 6.45) is 1.88. The van der Waals surface area contributed by atoms with Gasteiger partial charge in [-0.2, -0.15) is 0 Å². The van der Waals surface area contributed by atoms with Crippen LogP contribution in [0.2, 0.25) is 0 Å². The normalized spacial score (nSPS) is 11.0. The lowest BCUT2D eigenvalue weighted by molar-refractivity contribution is 0.0531. The van der Waals surface area contributed by atoms with Crippen LogP contribution in [-0.4, -0.2) is 29.1 Å². The highest BCUT2D eigenvalue weighted by Gasteiger charge is 2.18. The van der Waals surface area contributed by atoms with Gasteiger partial charge < -0.3 is 9.47 Å². The molecular formula is C11H14N2O3S. The van der Waals surface area contributed by atoms with E-state index in [1.165, 1.54) is 11.3 Å². The number of aryl methyl sites for hydroxylation is 1. The van der Waals surface area contributed by atoms with Gasteiger partial charge in [-0.25, -0.2) is 9.78 Å². The van der Waals surface area contributed by atoms with Crippen LogP contribution >= 0.6 is 11.3 Å². The van der Waals surface area contributed by atoms with E-state index in [9.17, 15) is 4.79 Å². The smallest absolute Gasteiger partial charge is 0.350 e. The maximum absolute atomic E-state index is 11.7. The van der Waals surface area contributed by atoms with Crippen LogP contribution in [0.5, 0.6) is 0 Å². The van der Waals surface area contributed by atoms with Crippen LogP contribution < -0.4 is 0 Å². The molecule has 0 fully saturated rings. The Morgan fingerprint density at radius 2 is 2.35 bits per heavy atom. The number of hydrogen-bond acceptors (Lipinski definition) is 5. The van der Waals surface area contributed by atoms with E-state index in [0.29, 0.717) is 18.1 Å². The lowest BCUT2D eigenvalue weighted by Gasteiger charge is -1.99. The summed E-state index contributed by atoms with van der Waals surface area (Å²) in [6.45, 7) is 4.53. The molecule has 2 rings (SSSR count). The van der Waals surface area contributed by atoms with E-state index in [-0.39, 0.29) is 5.97 Å². The number of aromatic nitrogens is 2. The number of hydrogen-bond donors (Lipinski definition) is 0. The molecule has 0 saturated heterocycles. The number of carbonyl (C=O) groups is 1. The van der Waals surface area contributed by atoms with Crippen molar-refractivity contribution in [3.05, 3.63) is 22.5 Å². The minimum atomic E-state index is -0.284. The highest BCUT2D eigenvalue weighted by molar-refractivity contribution is 7.19. The minimum Gasteiger partial charge on any atom is -0.462 e. The quantitative estimate of drug-likeness (QED) is 0.783. The molecule has 5 nitrogen and oxygen atoms in total. The molecular weight excluding hydrogens is 240 g/mol. The Bertz CT molecular complexity index is 544. The number of ether oxygens (including phenoxy) is 2. The average Bonchev–Trinajstić information content (AvgIpc) is 2.80. The first-order valence-corrected chi connectivity index (χ1v) is 6.12. The van der Waals surface area contributed by atoms with E-state index in [4.69, 9.17) is 9.47 Å². The van der Waals surface area contributed by atoms with Crippen molar-refractivity contribution >= 4 is 22.3 Å². The monoisotopic (exact) mass is 254 g/mol. The van der Waals surface area contributed by atoms with Gasteiger partial charge in [0.25, 0.3) is 0 Å². The van der Waals surface area contributed by atoms with Gasteiger partial charge in [0.05, 0.1) is 18.9 Å². The van der Waals surface area contributed by atoms with Gasteiger partial charge in [-0.3, -0.25) is 4.40 Å². The number of methoxy groups -OCH3 is 1. The Kier molecular flexibility index (Phi) is 3.44. The third-order valence-electron chi connectivity index (χ3n) is 2.36. The predicted octanol–water partition coefficient (Wildman–Crippen LogP) is 2.03. The molecule has 0 bridgehead atoms. The third-order valence-corrected chi connectivity index (χ3v) is 3.50. The van der Waals surface area contributed by atoms with Gasteiger partial charge in [0.1, 0.15) is 4.88 Å². The third kappa shape index (κ3) is 2.18. The molecule has 17 heavy (non-hydrogen) atoms. The lowest BCUT2D eigenvalue weighted by atomic mass is 10.4. The molecule has 0 aliphatic rings. The van der Waals surface area contributed by atoms with Crippen molar-refractivity contribution in [3.63, 3.8) is 0 Å². The molecule has 0 spiro atoms. The molecule has 92 valence electrons. The largest absolute Gasteiger partial charge is 0.462 e. The molecule has 2 aromatic heterocycles. The van der Waals surface area contributed by atoms with Gasteiger partial charge in [-0.05, 0) is 13.8 Å². The zero-order valence-corrected chi connectivity index (χ0v) is 10.8. The standard InChI is InChI=1S/C11H14N2O3S/c1-4-16-10(14)9-7(2)13-5-8(6-15-3)12-11(13)17-9/h5H,4,6H2,1-3H3. The molecule has 0 N–H and O–H groups in total. The number of nitrogens with zero attached hydrogens (tertiary/aromatic N) is 2. The predicted molar refractivity (Wildman–Crippen MR) is 64.5 cm³/mol. The van der Waals surface area contributed by atoms with E-state index in [1.807, 2.05) is 17.5 Å². The molecule has 6 heteroatoms. The second-order valence-corrected chi connectivity index (χ2v) is 4.53. The summed E-state index contributed by atoms with van der Waals surface area (Å²) in [5, 5.41) is 0. The summed E-state index contributed by atoms with van der Waals surface area (Å²) in [5.74, 6) is -0.284. The van der Waals surface area contributed by atoms with Crippen molar-refractivity contribution in [2.24, 2.45) is 0 Å². The van der Waals surface area contributed by atoms with E-state index in [1.54, 1.807) is 14.0 Å². The zero-order chi connectivity index (χ0) is 12.4. The molecule has 0 radical (unpaired) electrons. The van der Waals surface area contributed by atoms with Crippen LogP contribution in [0.25, 0.3) is 4.96 Å². The van der Waals surface area contributed by atoms with Crippen LogP contribution in [-0.2, 0) is 16.1 Å². The molecule has 0 atom stereocenters. The topological polar surface area (TPSA) is 52.8 Å². The molecule has 0 unspecified atom stereocenters. The van der Waals surface area contributed by atoms with Crippen LogP contribution in [0.4, 0.5) is 0 Å². The highest BCUT2D eigenvalue weighted by Crippen LogP contribution is 2.23. The van der Waals surface area contributed by atoms with E-state index in [2.05, 4.69) is 4.98 Å². The molecule has 2 heterocycles. The Hall–Kier alpha value is -1.40. The zero-order valence-electron chi connectivity index (χ0n) is 10.0. The van der Waals surface area contributed by atoms with Crippen molar-refractivity contribution in [2.75, 3.05) is 13.7 Å². The maximum Gasteiger partial charge on any atom is 0.350 e. The van der Waals surface area contributed by atoms with Crippen LogP contribution in [0.15, 0.2) is 6.20 Å². The second-order valence-electron chi connectivity index (χ2n) is 3.55. The summed E-state index contributed by atoms with van der Waals surface area (Å²) in [4.78, 5) is 17.4. The van der Waals surface area contributed by atoms with Crippen LogP contribution in [0.1, 0.15) is 28.0 Å². The average molecular weight is 254 g/mol. The van der Waals surface area contributed by atoms with Crippen LogP contribution in [0.3, 0.4) is 0 Å². The molecule has 0 aromatic carbocycles. The van der Waals surface area contributed by atoms with Gasteiger partial charge in [-0.15, -0.1) is 0 Å². The Balaban J connectivity index is 2.38. The number of thiazole rings is 1. The Morgan fingerprint density at radius 3 is 2.94 bits per heavy atom. The highest BCUT2D eigenvalue weighted by atomic mass is 32.1. The van der Waals surface area contributed by atoms with Crippen molar-refractivity contribution in [3.8, 4) is 0 Å². The lowest BCUT2D eigenvalue weighted by Crippen LogP contribution is -2.04. The molecule has 0 amide bonds. The number of rotatable bonds is 4. The fraction of sp³-hybridized carbons (Fsp3) is 0.455. The summed E-state index contributed by atoms with van der Waals surface area (Å²) in [5.41, 5.74) is 1.72. The Morgan fingerprint density at radius 1 is 1.59 bits per heavy atom. The number of carbonyl (C=O) groups excluding carboxylic acids is 1. The van der Waals surface area contributed by atoms with E-state index < -0.39 is 0 Å². The van der Waals surface area contributed by atoms with E-state index in [0.717, 1.165) is 16.3 Å². The number of fused-ring (bicyclic) bond motifs is 1. The van der Waals surface area contributed by atoms with Crippen LogP contribution in [0, 0.1) is 6.92 Å². The minimum absolute atomic E-state index is 0.284. The van der Waals surface area contributed by atoms with Crippen molar-refractivity contribution in [2.45, 2.75) is 20.5 Å². The Labute approximate surface area is 103 Å². The van der Waals surface area contributed by atoms with Gasteiger partial charge in [0.15, 0.2) is 4.96 Å². The van der Waals surface area contributed by atoms with Crippen molar-refractivity contribution in [1.29, 1.82) is 0 Å². The number of imidazole rings is 1. The van der Waals surface area contributed by atoms with Crippen molar-refractivity contribution < 1.29 is 14.3 Å². The summed E-state index contributed by atoms with van der Waals surface area (Å²) in [7, 11) is 1.63. The molecule has 2 aromatic rings. The number of esters is 1.